The Hall–Kier alpha value is -3.58. The topological polar surface area (TPSA) is 71.1 Å². The standard InChI is InChI=1S/C28H33N3O4/c1-20(2)29-27(32)19-35-25-12-11-22(17-26(25)34-3)28(33)31-15-13-30(14-16-31)18-23-9-6-8-21-7-4-5-10-24(21)23/h4-12,17,20H,13-16,18-19H2,1-3H3,(H,29,32). The molecule has 0 saturated carbocycles. The Morgan fingerprint density at radius 1 is 0.943 bits per heavy atom. The molecule has 3 aromatic rings. The van der Waals surface area contributed by atoms with Gasteiger partial charge < -0.3 is 19.7 Å². The normalized spacial score (nSPS) is 14.2. The molecule has 1 saturated heterocycles. The third kappa shape index (κ3) is 6.11. The number of carbonyl (C=O) groups excluding carboxylic acids is 2. The quantitative estimate of drug-likeness (QED) is 0.538. The minimum Gasteiger partial charge on any atom is -0.493 e. The molecule has 0 unspecified atom stereocenters. The molecule has 184 valence electrons. The van der Waals surface area contributed by atoms with E-state index in [2.05, 4.69) is 52.7 Å². The number of carbonyl (C=O) groups is 2. The average Bonchev–Trinajstić information content (AvgIpc) is 2.87. The van der Waals surface area contributed by atoms with Gasteiger partial charge in [0, 0.05) is 44.3 Å². The number of amides is 2. The van der Waals surface area contributed by atoms with Crippen LogP contribution in [0.5, 0.6) is 11.5 Å². The van der Waals surface area contributed by atoms with Crippen molar-refractivity contribution in [2.75, 3.05) is 39.9 Å². The molecule has 1 aliphatic rings. The molecule has 0 radical (unpaired) electrons. The lowest BCUT2D eigenvalue weighted by Gasteiger charge is -2.35. The van der Waals surface area contributed by atoms with Crippen LogP contribution in [-0.2, 0) is 11.3 Å². The number of benzene rings is 3. The first-order chi connectivity index (χ1) is 16.9. The molecule has 0 atom stereocenters. The lowest BCUT2D eigenvalue weighted by molar-refractivity contribution is -0.123. The van der Waals surface area contributed by atoms with E-state index in [9.17, 15) is 9.59 Å². The number of hydrogen-bond donors (Lipinski definition) is 1. The van der Waals surface area contributed by atoms with Gasteiger partial charge in [0.1, 0.15) is 0 Å². The zero-order valence-electron chi connectivity index (χ0n) is 20.6. The van der Waals surface area contributed by atoms with Crippen molar-refractivity contribution >= 4 is 22.6 Å². The van der Waals surface area contributed by atoms with Crippen molar-refractivity contribution in [3.8, 4) is 11.5 Å². The molecule has 0 spiro atoms. The summed E-state index contributed by atoms with van der Waals surface area (Å²) in [5.41, 5.74) is 1.86. The summed E-state index contributed by atoms with van der Waals surface area (Å²) in [7, 11) is 1.52. The van der Waals surface area contributed by atoms with Crippen LogP contribution in [0.3, 0.4) is 0 Å². The zero-order valence-corrected chi connectivity index (χ0v) is 20.6. The summed E-state index contributed by atoms with van der Waals surface area (Å²) in [6.07, 6.45) is 0. The van der Waals surface area contributed by atoms with E-state index in [4.69, 9.17) is 9.47 Å². The largest absolute Gasteiger partial charge is 0.493 e. The number of nitrogens with zero attached hydrogens (tertiary/aromatic N) is 2. The highest BCUT2D eigenvalue weighted by Gasteiger charge is 2.23. The van der Waals surface area contributed by atoms with Gasteiger partial charge in [-0.2, -0.15) is 0 Å². The minimum atomic E-state index is -0.205. The molecule has 1 N–H and O–H groups in total. The predicted octanol–water partition coefficient (Wildman–Crippen LogP) is 3.71. The van der Waals surface area contributed by atoms with E-state index in [0.29, 0.717) is 30.2 Å². The van der Waals surface area contributed by atoms with Gasteiger partial charge in [0.15, 0.2) is 18.1 Å². The Kier molecular flexibility index (Phi) is 7.87. The fraction of sp³-hybridized carbons (Fsp3) is 0.357. The number of ether oxygens (including phenoxy) is 2. The predicted molar refractivity (Wildman–Crippen MR) is 137 cm³/mol. The second-order valence-electron chi connectivity index (χ2n) is 9.08. The Balaban J connectivity index is 1.35. The first-order valence-corrected chi connectivity index (χ1v) is 12.0. The van der Waals surface area contributed by atoms with Crippen LogP contribution in [0.15, 0.2) is 60.7 Å². The van der Waals surface area contributed by atoms with E-state index in [-0.39, 0.29) is 24.5 Å². The number of methoxy groups -OCH3 is 1. The SMILES string of the molecule is COc1cc(C(=O)N2CCN(Cc3cccc4ccccc34)CC2)ccc1OCC(=O)NC(C)C. The molecule has 35 heavy (non-hydrogen) atoms. The lowest BCUT2D eigenvalue weighted by Crippen LogP contribution is -2.48. The van der Waals surface area contributed by atoms with Crippen molar-refractivity contribution in [1.29, 1.82) is 0 Å². The molecule has 7 heteroatoms. The molecule has 0 bridgehead atoms. The Bertz CT molecular complexity index is 1180. The summed E-state index contributed by atoms with van der Waals surface area (Å²) >= 11 is 0. The average molecular weight is 476 g/mol. The van der Waals surface area contributed by atoms with Crippen molar-refractivity contribution in [2.45, 2.75) is 26.4 Å². The van der Waals surface area contributed by atoms with Crippen LogP contribution in [0.1, 0.15) is 29.8 Å². The van der Waals surface area contributed by atoms with E-state index >= 15 is 0 Å². The first-order valence-electron chi connectivity index (χ1n) is 12.0. The maximum atomic E-state index is 13.2. The van der Waals surface area contributed by atoms with E-state index in [0.717, 1.165) is 19.6 Å². The molecule has 3 aromatic carbocycles. The third-order valence-electron chi connectivity index (χ3n) is 6.15. The van der Waals surface area contributed by atoms with Gasteiger partial charge in [0.2, 0.25) is 0 Å². The third-order valence-corrected chi connectivity index (χ3v) is 6.15. The maximum Gasteiger partial charge on any atom is 0.258 e. The van der Waals surface area contributed by atoms with Crippen molar-refractivity contribution in [3.63, 3.8) is 0 Å². The van der Waals surface area contributed by atoms with Crippen LogP contribution < -0.4 is 14.8 Å². The summed E-state index contributed by atoms with van der Waals surface area (Å²) in [6, 6.07) is 20.0. The first kappa shape index (κ1) is 24.5. The van der Waals surface area contributed by atoms with Crippen molar-refractivity contribution in [1.82, 2.24) is 15.1 Å². The van der Waals surface area contributed by atoms with Crippen LogP contribution in [-0.4, -0.2) is 67.6 Å². The van der Waals surface area contributed by atoms with Crippen LogP contribution in [0, 0.1) is 0 Å². The van der Waals surface area contributed by atoms with Gasteiger partial charge in [-0.25, -0.2) is 0 Å². The van der Waals surface area contributed by atoms with E-state index in [1.165, 1.54) is 23.4 Å². The molecule has 7 nitrogen and oxygen atoms in total. The number of rotatable bonds is 8. The second kappa shape index (κ2) is 11.2. The molecular formula is C28H33N3O4. The number of nitrogens with one attached hydrogen (secondary N) is 1. The van der Waals surface area contributed by atoms with Crippen LogP contribution in [0.4, 0.5) is 0 Å². The second-order valence-corrected chi connectivity index (χ2v) is 9.08. The van der Waals surface area contributed by atoms with Gasteiger partial charge in [-0.15, -0.1) is 0 Å². The highest BCUT2D eigenvalue weighted by molar-refractivity contribution is 5.95. The molecule has 0 aromatic heterocycles. The Morgan fingerprint density at radius 2 is 1.69 bits per heavy atom. The smallest absolute Gasteiger partial charge is 0.258 e. The molecule has 2 amide bonds. The Morgan fingerprint density at radius 3 is 2.43 bits per heavy atom. The fourth-order valence-corrected chi connectivity index (χ4v) is 4.39. The van der Waals surface area contributed by atoms with Gasteiger partial charge in [-0.05, 0) is 48.4 Å². The molecular weight excluding hydrogens is 442 g/mol. The van der Waals surface area contributed by atoms with Gasteiger partial charge in [-0.1, -0.05) is 42.5 Å². The number of hydrogen-bond acceptors (Lipinski definition) is 5. The van der Waals surface area contributed by atoms with Gasteiger partial charge >= 0.3 is 0 Å². The number of piperazine rings is 1. The van der Waals surface area contributed by atoms with Gasteiger partial charge in [-0.3, -0.25) is 14.5 Å². The summed E-state index contributed by atoms with van der Waals surface area (Å²) in [4.78, 5) is 29.3. The molecule has 0 aliphatic carbocycles. The van der Waals surface area contributed by atoms with Crippen LogP contribution in [0.25, 0.3) is 10.8 Å². The van der Waals surface area contributed by atoms with E-state index in [1.807, 2.05) is 18.7 Å². The van der Waals surface area contributed by atoms with Gasteiger partial charge in [0.25, 0.3) is 11.8 Å². The monoisotopic (exact) mass is 475 g/mol. The zero-order chi connectivity index (χ0) is 24.8. The Labute approximate surface area is 206 Å². The van der Waals surface area contributed by atoms with Gasteiger partial charge in [0.05, 0.1) is 7.11 Å². The van der Waals surface area contributed by atoms with Crippen molar-refractivity contribution in [3.05, 3.63) is 71.8 Å². The highest BCUT2D eigenvalue weighted by Crippen LogP contribution is 2.29. The summed E-state index contributed by atoms with van der Waals surface area (Å²) in [5.74, 6) is 0.631. The van der Waals surface area contributed by atoms with Crippen molar-refractivity contribution in [2.24, 2.45) is 0 Å². The maximum absolute atomic E-state index is 13.2. The fourth-order valence-electron chi connectivity index (χ4n) is 4.39. The molecule has 1 heterocycles. The number of fused-ring (bicyclic) bond motifs is 1. The van der Waals surface area contributed by atoms with E-state index in [1.54, 1.807) is 18.2 Å². The van der Waals surface area contributed by atoms with Crippen LogP contribution >= 0.6 is 0 Å². The molecule has 4 rings (SSSR count). The van der Waals surface area contributed by atoms with Crippen molar-refractivity contribution < 1.29 is 19.1 Å². The lowest BCUT2D eigenvalue weighted by atomic mass is 10.0. The van der Waals surface area contributed by atoms with E-state index < -0.39 is 0 Å². The highest BCUT2D eigenvalue weighted by atomic mass is 16.5. The van der Waals surface area contributed by atoms with Crippen LogP contribution in [0.2, 0.25) is 0 Å². The summed E-state index contributed by atoms with van der Waals surface area (Å²) in [5, 5.41) is 5.31. The summed E-state index contributed by atoms with van der Waals surface area (Å²) in [6.45, 7) is 7.51. The summed E-state index contributed by atoms with van der Waals surface area (Å²) < 4.78 is 11.0. The minimum absolute atomic E-state index is 0.0304. The molecule has 1 aliphatic heterocycles. The molecule has 1 fully saturated rings.